The standard InChI is InChI=1S/C22H24N2O4S/c25-18-3-1-2-17(13-18)24-14-16(12-19(24)26)21(27)23-8-6-22(7-9-23)20-15(4-10-28-22)5-11-29-20/h1-3,5,11,13,16,25H,4,6-10,12,14H2. The number of nitrogens with zero attached hydrogens (tertiary/aromatic N) is 2. The largest absolute Gasteiger partial charge is 0.508 e. The Balaban J connectivity index is 1.26. The van der Waals surface area contributed by atoms with E-state index in [0.29, 0.717) is 25.3 Å². The van der Waals surface area contributed by atoms with Gasteiger partial charge in [0.2, 0.25) is 11.8 Å². The minimum Gasteiger partial charge on any atom is -0.508 e. The van der Waals surface area contributed by atoms with Crippen molar-refractivity contribution in [1.82, 2.24) is 4.90 Å². The molecule has 6 nitrogen and oxygen atoms in total. The van der Waals surface area contributed by atoms with Crippen LogP contribution >= 0.6 is 11.3 Å². The van der Waals surface area contributed by atoms with Gasteiger partial charge in [-0.3, -0.25) is 9.59 Å². The van der Waals surface area contributed by atoms with E-state index in [1.54, 1.807) is 40.5 Å². The minimum absolute atomic E-state index is 0.0538. The quantitative estimate of drug-likeness (QED) is 0.824. The Morgan fingerprint density at radius 2 is 2.07 bits per heavy atom. The van der Waals surface area contributed by atoms with Crippen LogP contribution in [0.15, 0.2) is 35.7 Å². The van der Waals surface area contributed by atoms with Gasteiger partial charge < -0.3 is 19.6 Å². The Labute approximate surface area is 173 Å². The number of likely N-dealkylation sites (tertiary alicyclic amines) is 1. The van der Waals surface area contributed by atoms with Gasteiger partial charge in [0.05, 0.1) is 12.5 Å². The molecule has 1 N–H and O–H groups in total. The smallest absolute Gasteiger partial charge is 0.228 e. The Bertz CT molecular complexity index is 948. The van der Waals surface area contributed by atoms with Crippen molar-refractivity contribution in [2.75, 3.05) is 31.1 Å². The van der Waals surface area contributed by atoms with E-state index < -0.39 is 0 Å². The number of phenols is 1. The number of thiophene rings is 1. The van der Waals surface area contributed by atoms with Crippen LogP contribution in [0.2, 0.25) is 0 Å². The number of piperidine rings is 1. The first kappa shape index (κ1) is 18.6. The number of fused-ring (bicyclic) bond motifs is 2. The van der Waals surface area contributed by atoms with Crippen LogP contribution in [0.1, 0.15) is 29.7 Å². The summed E-state index contributed by atoms with van der Waals surface area (Å²) in [6.45, 7) is 2.43. The van der Waals surface area contributed by atoms with Gasteiger partial charge in [0.15, 0.2) is 0 Å². The van der Waals surface area contributed by atoms with E-state index >= 15 is 0 Å². The van der Waals surface area contributed by atoms with Crippen LogP contribution in [0, 0.1) is 5.92 Å². The highest BCUT2D eigenvalue weighted by molar-refractivity contribution is 7.10. The van der Waals surface area contributed by atoms with Gasteiger partial charge in [-0.2, -0.15) is 0 Å². The molecule has 2 amide bonds. The highest BCUT2D eigenvalue weighted by Gasteiger charge is 2.44. The zero-order valence-electron chi connectivity index (χ0n) is 16.2. The summed E-state index contributed by atoms with van der Waals surface area (Å²) in [6.07, 6.45) is 2.81. The minimum atomic E-state index is -0.330. The third-order valence-electron chi connectivity index (χ3n) is 6.41. The molecule has 1 aromatic carbocycles. The van der Waals surface area contributed by atoms with Gasteiger partial charge in [0.25, 0.3) is 0 Å². The molecule has 2 aromatic rings. The number of ether oxygens (including phenoxy) is 1. The number of rotatable bonds is 2. The van der Waals surface area contributed by atoms with Gasteiger partial charge in [0, 0.05) is 42.7 Å². The van der Waals surface area contributed by atoms with Gasteiger partial charge in [0.1, 0.15) is 11.4 Å². The number of amides is 2. The number of hydrogen-bond acceptors (Lipinski definition) is 5. The molecule has 4 heterocycles. The second-order valence-corrected chi connectivity index (χ2v) is 9.03. The van der Waals surface area contributed by atoms with E-state index in [-0.39, 0.29) is 35.5 Å². The third-order valence-corrected chi connectivity index (χ3v) is 7.55. The summed E-state index contributed by atoms with van der Waals surface area (Å²) in [5.41, 5.74) is 1.80. The van der Waals surface area contributed by atoms with Crippen molar-refractivity contribution in [3.63, 3.8) is 0 Å². The lowest BCUT2D eigenvalue weighted by atomic mass is 9.85. The lowest BCUT2D eigenvalue weighted by Gasteiger charge is -2.44. The maximum Gasteiger partial charge on any atom is 0.228 e. The van der Waals surface area contributed by atoms with E-state index in [1.165, 1.54) is 10.4 Å². The average molecular weight is 413 g/mol. The number of hydrogen-bond donors (Lipinski definition) is 1. The number of phenolic OH excluding ortho intramolecular Hbond substituents is 1. The van der Waals surface area contributed by atoms with Crippen LogP contribution < -0.4 is 4.90 Å². The summed E-state index contributed by atoms with van der Waals surface area (Å²) >= 11 is 1.76. The topological polar surface area (TPSA) is 70.1 Å². The molecule has 0 bridgehead atoms. The van der Waals surface area contributed by atoms with Gasteiger partial charge in [-0.25, -0.2) is 0 Å². The molecule has 2 saturated heterocycles. The first-order valence-corrected chi connectivity index (χ1v) is 11.0. The summed E-state index contributed by atoms with van der Waals surface area (Å²) in [4.78, 5) is 30.4. The molecule has 7 heteroatoms. The molecule has 2 fully saturated rings. The Hall–Kier alpha value is -2.38. The van der Waals surface area contributed by atoms with Crippen molar-refractivity contribution in [2.45, 2.75) is 31.3 Å². The first-order chi connectivity index (χ1) is 14.1. The fraction of sp³-hybridized carbons (Fsp3) is 0.455. The molecule has 29 heavy (non-hydrogen) atoms. The summed E-state index contributed by atoms with van der Waals surface area (Å²) in [7, 11) is 0. The molecule has 0 radical (unpaired) electrons. The summed E-state index contributed by atoms with van der Waals surface area (Å²) in [5.74, 6) is -0.227. The number of carbonyl (C=O) groups excluding carboxylic acids is 2. The molecule has 1 unspecified atom stereocenters. The number of aromatic hydroxyl groups is 1. The van der Waals surface area contributed by atoms with Gasteiger partial charge in [-0.15, -0.1) is 11.3 Å². The molecule has 1 atom stereocenters. The summed E-state index contributed by atoms with van der Waals surface area (Å²) < 4.78 is 6.23. The Morgan fingerprint density at radius 3 is 2.86 bits per heavy atom. The number of anilines is 1. The van der Waals surface area contributed by atoms with Crippen molar-refractivity contribution in [3.8, 4) is 5.75 Å². The predicted octanol–water partition coefficient (Wildman–Crippen LogP) is 2.90. The van der Waals surface area contributed by atoms with Gasteiger partial charge >= 0.3 is 0 Å². The van der Waals surface area contributed by atoms with Crippen LogP contribution in [0.25, 0.3) is 0 Å². The molecule has 5 rings (SSSR count). The lowest BCUT2D eigenvalue weighted by Crippen LogP contribution is -2.49. The fourth-order valence-corrected chi connectivity index (χ4v) is 6.02. The normalized spacial score (nSPS) is 23.4. The predicted molar refractivity (Wildman–Crippen MR) is 110 cm³/mol. The average Bonchev–Trinajstić information content (AvgIpc) is 3.36. The SMILES string of the molecule is O=C(C1CC(=O)N(c2cccc(O)c2)C1)N1CCC2(CC1)OCCc1ccsc12. The van der Waals surface area contributed by atoms with Crippen molar-refractivity contribution >= 4 is 28.8 Å². The highest BCUT2D eigenvalue weighted by Crippen LogP contribution is 2.44. The zero-order valence-corrected chi connectivity index (χ0v) is 17.0. The second-order valence-electron chi connectivity index (χ2n) is 8.12. The molecule has 3 aliphatic heterocycles. The van der Waals surface area contributed by atoms with Crippen LogP contribution in [-0.2, 0) is 26.3 Å². The van der Waals surface area contributed by atoms with Gasteiger partial charge in [-0.1, -0.05) is 6.07 Å². The van der Waals surface area contributed by atoms with E-state index in [4.69, 9.17) is 4.74 Å². The fourth-order valence-electron chi connectivity index (χ4n) is 4.86. The first-order valence-electron chi connectivity index (χ1n) is 10.1. The molecule has 1 spiro atoms. The van der Waals surface area contributed by atoms with Crippen LogP contribution in [0.3, 0.4) is 0 Å². The number of benzene rings is 1. The highest BCUT2D eigenvalue weighted by atomic mass is 32.1. The van der Waals surface area contributed by atoms with Crippen LogP contribution in [0.5, 0.6) is 5.75 Å². The lowest BCUT2D eigenvalue weighted by molar-refractivity contribution is -0.144. The van der Waals surface area contributed by atoms with E-state index in [2.05, 4.69) is 11.4 Å². The van der Waals surface area contributed by atoms with E-state index in [1.807, 2.05) is 4.90 Å². The molecular weight excluding hydrogens is 388 g/mol. The number of carbonyl (C=O) groups is 2. The van der Waals surface area contributed by atoms with Crippen molar-refractivity contribution in [3.05, 3.63) is 46.2 Å². The molecular formula is C22H24N2O4S. The second kappa shape index (κ2) is 7.15. The van der Waals surface area contributed by atoms with Crippen molar-refractivity contribution < 1.29 is 19.4 Å². The van der Waals surface area contributed by atoms with E-state index in [9.17, 15) is 14.7 Å². The molecule has 3 aliphatic rings. The maximum atomic E-state index is 13.1. The molecule has 0 saturated carbocycles. The van der Waals surface area contributed by atoms with Crippen molar-refractivity contribution in [1.29, 1.82) is 0 Å². The van der Waals surface area contributed by atoms with Crippen LogP contribution in [0.4, 0.5) is 5.69 Å². The zero-order chi connectivity index (χ0) is 20.0. The molecule has 0 aliphatic carbocycles. The van der Waals surface area contributed by atoms with Crippen molar-refractivity contribution in [2.24, 2.45) is 5.92 Å². The molecule has 1 aromatic heterocycles. The van der Waals surface area contributed by atoms with Crippen LogP contribution in [-0.4, -0.2) is 48.1 Å². The molecule has 152 valence electrons. The Kier molecular flexibility index (Phi) is 4.59. The van der Waals surface area contributed by atoms with Gasteiger partial charge in [-0.05, 0) is 48.4 Å². The monoisotopic (exact) mass is 412 g/mol. The maximum absolute atomic E-state index is 13.1. The summed E-state index contributed by atoms with van der Waals surface area (Å²) in [5, 5.41) is 11.8. The Morgan fingerprint density at radius 1 is 1.24 bits per heavy atom. The summed E-state index contributed by atoms with van der Waals surface area (Å²) in [6, 6.07) is 8.83. The third kappa shape index (κ3) is 3.22. The van der Waals surface area contributed by atoms with E-state index in [0.717, 1.165) is 25.9 Å².